The summed E-state index contributed by atoms with van der Waals surface area (Å²) < 4.78 is 0. The Balaban J connectivity index is 1.65. The second-order valence-corrected chi connectivity index (χ2v) is 8.42. The third-order valence-electron chi connectivity index (χ3n) is 5.56. The van der Waals surface area contributed by atoms with Crippen LogP contribution in [0.5, 0.6) is 0 Å². The van der Waals surface area contributed by atoms with Gasteiger partial charge in [0.05, 0.1) is 21.5 Å². The van der Waals surface area contributed by atoms with Gasteiger partial charge in [0.2, 0.25) is 5.91 Å². The van der Waals surface area contributed by atoms with E-state index >= 15 is 0 Å². The number of carbonyl (C=O) groups excluding carboxylic acids is 2. The van der Waals surface area contributed by atoms with Crippen molar-refractivity contribution >= 4 is 35.0 Å². The van der Waals surface area contributed by atoms with Gasteiger partial charge in [-0.3, -0.25) is 9.59 Å². The number of halogens is 2. The van der Waals surface area contributed by atoms with E-state index in [1.807, 2.05) is 6.92 Å². The number of hydrogen-bond acceptors (Lipinski definition) is 3. The zero-order chi connectivity index (χ0) is 18.9. The van der Waals surface area contributed by atoms with Crippen LogP contribution in [0, 0.1) is 11.8 Å². The molecule has 7 heteroatoms. The van der Waals surface area contributed by atoms with Crippen LogP contribution in [0.2, 0.25) is 10.0 Å². The summed E-state index contributed by atoms with van der Waals surface area (Å²) >= 11 is 11.9. The second-order valence-electron chi connectivity index (χ2n) is 7.60. The maximum absolute atomic E-state index is 12.8. The van der Waals surface area contributed by atoms with Gasteiger partial charge in [-0.2, -0.15) is 0 Å². The first-order valence-electron chi connectivity index (χ1n) is 9.10. The van der Waals surface area contributed by atoms with Crippen molar-refractivity contribution in [2.45, 2.75) is 38.1 Å². The van der Waals surface area contributed by atoms with E-state index in [0.717, 1.165) is 25.7 Å². The Morgan fingerprint density at radius 2 is 2.00 bits per heavy atom. The van der Waals surface area contributed by atoms with E-state index in [1.165, 1.54) is 0 Å². The number of benzene rings is 1. The normalized spacial score (nSPS) is 22.6. The maximum atomic E-state index is 12.8. The standard InChI is InChI=1S/C19H25Cl2N3O2/c1-19(11-22,14-5-6-14)23-17(25)13-3-2-8-24(10-13)18(26)12-4-7-15(20)16(21)9-12/h4,7,9,13-14H,2-3,5-6,8,10-11,22H2,1H3,(H,23,25). The topological polar surface area (TPSA) is 75.4 Å². The Morgan fingerprint density at radius 1 is 1.27 bits per heavy atom. The number of piperidine rings is 1. The molecule has 2 amide bonds. The van der Waals surface area contributed by atoms with Crippen LogP contribution in [0.1, 0.15) is 43.0 Å². The van der Waals surface area contributed by atoms with E-state index in [9.17, 15) is 9.59 Å². The summed E-state index contributed by atoms with van der Waals surface area (Å²) in [5.74, 6) is 0.135. The highest BCUT2D eigenvalue weighted by Gasteiger charge is 2.43. The highest BCUT2D eigenvalue weighted by Crippen LogP contribution is 2.39. The quantitative estimate of drug-likeness (QED) is 0.801. The molecule has 142 valence electrons. The Hall–Kier alpha value is -1.30. The molecule has 2 fully saturated rings. The van der Waals surface area contributed by atoms with Gasteiger partial charge >= 0.3 is 0 Å². The van der Waals surface area contributed by atoms with Crippen molar-refractivity contribution in [3.8, 4) is 0 Å². The molecule has 1 heterocycles. The SMILES string of the molecule is CC(CN)(NC(=O)C1CCCN(C(=O)c2ccc(Cl)c(Cl)c2)C1)C1CC1. The first kappa shape index (κ1) is 19.5. The van der Waals surface area contributed by atoms with Crippen LogP contribution in [0.4, 0.5) is 0 Å². The number of likely N-dealkylation sites (tertiary alicyclic amines) is 1. The zero-order valence-electron chi connectivity index (χ0n) is 14.9. The maximum Gasteiger partial charge on any atom is 0.253 e. The molecule has 2 unspecified atom stereocenters. The number of carbonyl (C=O) groups is 2. The fourth-order valence-corrected chi connectivity index (χ4v) is 3.91. The molecule has 5 nitrogen and oxygen atoms in total. The van der Waals surface area contributed by atoms with Gasteiger partial charge in [0.15, 0.2) is 0 Å². The lowest BCUT2D eigenvalue weighted by molar-refractivity contribution is -0.128. The third-order valence-corrected chi connectivity index (χ3v) is 6.30. The van der Waals surface area contributed by atoms with Crippen LogP contribution < -0.4 is 11.1 Å². The van der Waals surface area contributed by atoms with E-state index in [-0.39, 0.29) is 23.3 Å². The molecule has 2 atom stereocenters. The molecule has 2 aliphatic rings. The lowest BCUT2D eigenvalue weighted by Gasteiger charge is -2.36. The van der Waals surface area contributed by atoms with Crippen molar-refractivity contribution in [1.29, 1.82) is 0 Å². The third kappa shape index (κ3) is 4.16. The molecule has 1 aromatic rings. The largest absolute Gasteiger partial charge is 0.349 e. The van der Waals surface area contributed by atoms with Crippen molar-refractivity contribution in [3.63, 3.8) is 0 Å². The molecule has 3 N–H and O–H groups in total. The van der Waals surface area contributed by atoms with Gasteiger partial charge in [0.1, 0.15) is 0 Å². The summed E-state index contributed by atoms with van der Waals surface area (Å²) in [5.41, 5.74) is 6.05. The molecule has 0 aromatic heterocycles. The number of nitrogens with one attached hydrogen (secondary N) is 1. The van der Waals surface area contributed by atoms with E-state index in [0.29, 0.717) is 41.2 Å². The molecule has 1 aliphatic carbocycles. The molecule has 0 radical (unpaired) electrons. The van der Waals surface area contributed by atoms with Crippen LogP contribution in [0.3, 0.4) is 0 Å². The van der Waals surface area contributed by atoms with E-state index < -0.39 is 0 Å². The van der Waals surface area contributed by atoms with Gasteiger partial charge < -0.3 is 16.0 Å². The van der Waals surface area contributed by atoms with Gasteiger partial charge in [0, 0.05) is 25.2 Å². The van der Waals surface area contributed by atoms with Crippen LogP contribution in [0.15, 0.2) is 18.2 Å². The highest BCUT2D eigenvalue weighted by molar-refractivity contribution is 6.42. The van der Waals surface area contributed by atoms with Crippen molar-refractivity contribution in [2.24, 2.45) is 17.6 Å². The van der Waals surface area contributed by atoms with Gasteiger partial charge in [-0.25, -0.2) is 0 Å². The van der Waals surface area contributed by atoms with Crippen LogP contribution in [-0.2, 0) is 4.79 Å². The van der Waals surface area contributed by atoms with Crippen LogP contribution in [0.25, 0.3) is 0 Å². The van der Waals surface area contributed by atoms with Crippen molar-refractivity contribution in [1.82, 2.24) is 10.2 Å². The van der Waals surface area contributed by atoms with E-state index in [4.69, 9.17) is 28.9 Å². The molecule has 1 saturated carbocycles. The number of nitrogens with two attached hydrogens (primary N) is 1. The van der Waals surface area contributed by atoms with Crippen LogP contribution in [-0.4, -0.2) is 41.9 Å². The molecule has 1 aliphatic heterocycles. The number of nitrogens with zero attached hydrogens (tertiary/aromatic N) is 1. The molecular weight excluding hydrogens is 373 g/mol. The van der Waals surface area contributed by atoms with Gasteiger partial charge in [-0.15, -0.1) is 0 Å². The minimum absolute atomic E-state index is 0.00325. The molecule has 1 saturated heterocycles. The summed E-state index contributed by atoms with van der Waals surface area (Å²) in [5, 5.41) is 3.92. The molecule has 0 spiro atoms. The average molecular weight is 398 g/mol. The number of amides is 2. The van der Waals surface area contributed by atoms with Gasteiger partial charge in [-0.05, 0) is 56.7 Å². The summed E-state index contributed by atoms with van der Waals surface area (Å²) in [6.45, 7) is 3.50. The minimum atomic E-state index is -0.340. The zero-order valence-corrected chi connectivity index (χ0v) is 16.4. The predicted octanol–water partition coefficient (Wildman–Crippen LogP) is 3.09. The van der Waals surface area contributed by atoms with Crippen molar-refractivity contribution in [3.05, 3.63) is 33.8 Å². The summed E-state index contributed by atoms with van der Waals surface area (Å²) in [4.78, 5) is 27.3. The Kier molecular flexibility index (Phi) is 5.80. The summed E-state index contributed by atoms with van der Waals surface area (Å²) in [6, 6.07) is 4.86. The lowest BCUT2D eigenvalue weighted by Crippen LogP contribution is -2.56. The summed E-state index contributed by atoms with van der Waals surface area (Å²) in [7, 11) is 0. The monoisotopic (exact) mass is 397 g/mol. The number of hydrogen-bond donors (Lipinski definition) is 2. The number of rotatable bonds is 5. The molecule has 3 rings (SSSR count). The Labute approximate surface area is 164 Å². The fraction of sp³-hybridized carbons (Fsp3) is 0.579. The fourth-order valence-electron chi connectivity index (χ4n) is 3.61. The smallest absolute Gasteiger partial charge is 0.253 e. The minimum Gasteiger partial charge on any atom is -0.349 e. The van der Waals surface area contributed by atoms with Crippen LogP contribution >= 0.6 is 23.2 Å². The Bertz CT molecular complexity index is 708. The first-order chi connectivity index (χ1) is 12.3. The van der Waals surface area contributed by atoms with Gasteiger partial charge in [-0.1, -0.05) is 23.2 Å². The van der Waals surface area contributed by atoms with E-state index in [1.54, 1.807) is 23.1 Å². The average Bonchev–Trinajstić information content (AvgIpc) is 3.49. The van der Waals surface area contributed by atoms with E-state index in [2.05, 4.69) is 5.32 Å². The molecule has 26 heavy (non-hydrogen) atoms. The molecule has 0 bridgehead atoms. The lowest BCUT2D eigenvalue weighted by atomic mass is 9.91. The molecular formula is C19H25Cl2N3O2. The molecule has 1 aromatic carbocycles. The van der Waals surface area contributed by atoms with Crippen molar-refractivity contribution < 1.29 is 9.59 Å². The van der Waals surface area contributed by atoms with Gasteiger partial charge in [0.25, 0.3) is 5.91 Å². The highest BCUT2D eigenvalue weighted by atomic mass is 35.5. The van der Waals surface area contributed by atoms with Crippen molar-refractivity contribution in [2.75, 3.05) is 19.6 Å². The second kappa shape index (κ2) is 7.75. The summed E-state index contributed by atoms with van der Waals surface area (Å²) in [6.07, 6.45) is 3.80. The first-order valence-corrected chi connectivity index (χ1v) is 9.86. The Morgan fingerprint density at radius 3 is 2.62 bits per heavy atom. The predicted molar refractivity (Wildman–Crippen MR) is 103 cm³/mol.